The molecule has 0 bridgehead atoms. The average Bonchev–Trinajstić information content (AvgIpc) is 2.55. The van der Waals surface area contributed by atoms with Gasteiger partial charge in [-0.25, -0.2) is 13.9 Å². The quantitative estimate of drug-likeness (QED) is 0.813. The molecule has 0 aromatic carbocycles. The number of hydrogen-bond acceptors (Lipinski definition) is 2. The van der Waals surface area contributed by atoms with E-state index in [4.69, 9.17) is 5.11 Å². The van der Waals surface area contributed by atoms with Gasteiger partial charge >= 0.3 is 11.9 Å². The van der Waals surface area contributed by atoms with Gasteiger partial charge in [-0.15, -0.1) is 0 Å². The monoisotopic (exact) mass is 208 g/mol. The maximum atomic E-state index is 13.5. The molecule has 0 amide bonds. The summed E-state index contributed by atoms with van der Waals surface area (Å²) in [5.74, 6) is -10.4. The minimum Gasteiger partial charge on any atom is -0.477 e. The third kappa shape index (κ3) is 1.34. The minimum absolute atomic E-state index is 0.265. The summed E-state index contributed by atoms with van der Waals surface area (Å²) in [4.78, 5) is 10.1. The molecule has 0 aliphatic heterocycles. The summed E-state index contributed by atoms with van der Waals surface area (Å²) >= 11 is 0. The van der Waals surface area contributed by atoms with Gasteiger partial charge < -0.3 is 5.11 Å². The highest BCUT2D eigenvalue weighted by molar-refractivity contribution is 5.76. The van der Waals surface area contributed by atoms with Crippen molar-refractivity contribution in [1.82, 2.24) is 9.78 Å². The van der Waals surface area contributed by atoms with E-state index in [0.29, 0.717) is 6.92 Å². The van der Waals surface area contributed by atoms with E-state index < -0.39 is 17.7 Å². The number of hydrogen-bond donors (Lipinski definition) is 1. The first kappa shape index (κ1) is 10.6. The van der Waals surface area contributed by atoms with Crippen LogP contribution in [0.25, 0.3) is 0 Å². The number of carbonyl (C=O) groups is 1. The second-order valence-electron chi connectivity index (χ2n) is 2.78. The van der Waals surface area contributed by atoms with Crippen LogP contribution in [0.15, 0.2) is 18.5 Å². The number of carboxylic acids is 1. The smallest absolute Gasteiger partial charge is 0.395 e. The highest BCUT2D eigenvalue weighted by Crippen LogP contribution is 2.36. The first-order valence-corrected chi connectivity index (χ1v) is 3.60. The summed E-state index contributed by atoms with van der Waals surface area (Å²) in [5, 5.41) is 11.4. The number of halogens is 3. The number of rotatable bonds is 3. The number of aliphatic carboxylic acids is 1. The third-order valence-corrected chi connectivity index (χ3v) is 1.78. The Labute approximate surface area is 77.0 Å². The first-order valence-electron chi connectivity index (χ1n) is 3.60. The number of nitrogens with zero attached hydrogens (tertiary/aromatic N) is 2. The zero-order chi connectivity index (χ0) is 11.0. The van der Waals surface area contributed by atoms with Gasteiger partial charge in [-0.1, -0.05) is 0 Å². The van der Waals surface area contributed by atoms with Gasteiger partial charge in [0.15, 0.2) is 0 Å². The van der Waals surface area contributed by atoms with Crippen molar-refractivity contribution in [3.63, 3.8) is 0 Å². The summed E-state index contributed by atoms with van der Waals surface area (Å²) in [6.07, 6.45) is 2.01. The van der Waals surface area contributed by atoms with Gasteiger partial charge in [0, 0.05) is 12.4 Å². The second kappa shape index (κ2) is 3.00. The molecule has 1 atom stereocenters. The fraction of sp³-hybridized carbons (Fsp3) is 0.429. The number of alkyl halides is 3. The Balaban J connectivity index is 3.13. The second-order valence-corrected chi connectivity index (χ2v) is 2.78. The van der Waals surface area contributed by atoms with E-state index in [0.717, 1.165) is 12.4 Å². The molecule has 0 fully saturated rings. The molecule has 1 N–H and O–H groups in total. The molecule has 78 valence electrons. The summed E-state index contributed by atoms with van der Waals surface area (Å²) in [5.41, 5.74) is 0. The molecule has 0 saturated heterocycles. The van der Waals surface area contributed by atoms with Crippen LogP contribution in [0.1, 0.15) is 6.92 Å². The third-order valence-electron chi connectivity index (χ3n) is 1.78. The van der Waals surface area contributed by atoms with Crippen molar-refractivity contribution in [3.8, 4) is 0 Å². The predicted molar refractivity (Wildman–Crippen MR) is 39.6 cm³/mol. The van der Waals surface area contributed by atoms with Crippen molar-refractivity contribution in [1.29, 1.82) is 0 Å². The number of aromatic nitrogens is 2. The van der Waals surface area contributed by atoms with Gasteiger partial charge in [-0.05, 0) is 13.0 Å². The van der Waals surface area contributed by atoms with Crippen molar-refractivity contribution >= 4 is 5.97 Å². The van der Waals surface area contributed by atoms with Crippen LogP contribution in [-0.4, -0.2) is 26.8 Å². The Morgan fingerprint density at radius 1 is 1.50 bits per heavy atom. The van der Waals surface area contributed by atoms with Crippen molar-refractivity contribution < 1.29 is 23.1 Å². The molecule has 0 spiro atoms. The fourth-order valence-corrected chi connectivity index (χ4v) is 0.856. The van der Waals surface area contributed by atoms with Gasteiger partial charge in [-0.3, -0.25) is 0 Å². The zero-order valence-corrected chi connectivity index (χ0v) is 7.12. The zero-order valence-electron chi connectivity index (χ0n) is 7.12. The molecular weight excluding hydrogens is 201 g/mol. The lowest BCUT2D eigenvalue weighted by atomic mass is 10.1. The van der Waals surface area contributed by atoms with E-state index in [2.05, 4.69) is 5.10 Å². The standard InChI is InChI=1S/C7H7F3N2O2/c1-6(8,7(9,10)5(13)14)12-4-2-3-11-12/h2-4H,1H3,(H,13,14). The van der Waals surface area contributed by atoms with Gasteiger partial charge in [0.2, 0.25) is 0 Å². The van der Waals surface area contributed by atoms with Gasteiger partial charge in [0.25, 0.3) is 5.79 Å². The predicted octanol–water partition coefficient (Wildman–Crippen LogP) is 1.25. The molecule has 7 heteroatoms. The lowest BCUT2D eigenvalue weighted by molar-refractivity contribution is -0.208. The highest BCUT2D eigenvalue weighted by Gasteiger charge is 2.59. The Kier molecular flexibility index (Phi) is 2.26. The van der Waals surface area contributed by atoms with E-state index >= 15 is 0 Å². The molecule has 1 unspecified atom stereocenters. The normalized spacial score (nSPS) is 16.3. The van der Waals surface area contributed by atoms with Crippen molar-refractivity contribution in [2.75, 3.05) is 0 Å². The van der Waals surface area contributed by atoms with Crippen molar-refractivity contribution in [3.05, 3.63) is 18.5 Å². The van der Waals surface area contributed by atoms with E-state index in [1.165, 1.54) is 6.07 Å². The lowest BCUT2D eigenvalue weighted by Gasteiger charge is -2.26. The van der Waals surface area contributed by atoms with Gasteiger partial charge in [0.1, 0.15) is 0 Å². The summed E-state index contributed by atoms with van der Waals surface area (Å²) in [7, 11) is 0. The van der Waals surface area contributed by atoms with Crippen LogP contribution >= 0.6 is 0 Å². The van der Waals surface area contributed by atoms with Crippen LogP contribution in [-0.2, 0) is 10.6 Å². The fourth-order valence-electron chi connectivity index (χ4n) is 0.856. The maximum absolute atomic E-state index is 13.5. The molecule has 0 aliphatic carbocycles. The molecule has 0 aliphatic rings. The average molecular weight is 208 g/mol. The van der Waals surface area contributed by atoms with Crippen LogP contribution in [0.5, 0.6) is 0 Å². The molecule has 4 nitrogen and oxygen atoms in total. The molecule has 0 saturated carbocycles. The summed E-state index contributed by atoms with van der Waals surface area (Å²) < 4.78 is 39.4. The van der Waals surface area contributed by atoms with E-state index in [1.807, 2.05) is 0 Å². The maximum Gasteiger partial charge on any atom is 0.395 e. The van der Waals surface area contributed by atoms with Crippen molar-refractivity contribution in [2.45, 2.75) is 18.6 Å². The number of carboxylic acid groups (broad SMARTS) is 1. The Hall–Kier alpha value is -1.53. The Morgan fingerprint density at radius 2 is 2.07 bits per heavy atom. The molecule has 1 aromatic rings. The van der Waals surface area contributed by atoms with Gasteiger partial charge in [-0.2, -0.15) is 13.9 Å². The molecule has 1 rings (SSSR count). The van der Waals surface area contributed by atoms with Crippen LogP contribution in [0.2, 0.25) is 0 Å². The van der Waals surface area contributed by atoms with E-state index in [-0.39, 0.29) is 4.68 Å². The highest BCUT2D eigenvalue weighted by atomic mass is 19.3. The summed E-state index contributed by atoms with van der Waals surface area (Å²) in [6.45, 7) is 0.453. The van der Waals surface area contributed by atoms with Crippen LogP contribution in [0, 0.1) is 0 Å². The lowest BCUT2D eigenvalue weighted by Crippen LogP contribution is -2.50. The molecule has 0 radical (unpaired) electrons. The molecule has 1 heterocycles. The summed E-state index contributed by atoms with van der Waals surface area (Å²) in [6, 6.07) is 1.22. The van der Waals surface area contributed by atoms with E-state index in [1.54, 1.807) is 0 Å². The molecule has 1 aromatic heterocycles. The SMILES string of the molecule is CC(F)(n1cccn1)C(F)(F)C(=O)O. The molecule has 14 heavy (non-hydrogen) atoms. The molecular formula is C7H7F3N2O2. The van der Waals surface area contributed by atoms with Crippen LogP contribution in [0.4, 0.5) is 13.2 Å². The van der Waals surface area contributed by atoms with Crippen LogP contribution in [0.3, 0.4) is 0 Å². The Morgan fingerprint density at radius 3 is 2.43 bits per heavy atom. The first-order chi connectivity index (χ1) is 6.30. The topological polar surface area (TPSA) is 55.1 Å². The van der Waals surface area contributed by atoms with Crippen LogP contribution < -0.4 is 0 Å². The Bertz CT molecular complexity index is 335. The largest absolute Gasteiger partial charge is 0.477 e. The van der Waals surface area contributed by atoms with E-state index in [9.17, 15) is 18.0 Å². The van der Waals surface area contributed by atoms with Gasteiger partial charge in [0.05, 0.1) is 0 Å². The minimum atomic E-state index is -4.53. The van der Waals surface area contributed by atoms with Crippen molar-refractivity contribution in [2.24, 2.45) is 0 Å².